The van der Waals surface area contributed by atoms with E-state index >= 15 is 0 Å². The summed E-state index contributed by atoms with van der Waals surface area (Å²) in [7, 11) is 0. The van der Waals surface area contributed by atoms with Gasteiger partial charge in [0.15, 0.2) is 5.69 Å². The van der Waals surface area contributed by atoms with E-state index in [4.69, 9.17) is 5.73 Å². The number of fused-ring (bicyclic) bond motifs is 2. The Bertz CT molecular complexity index is 1280. The van der Waals surface area contributed by atoms with E-state index in [0.717, 1.165) is 52.7 Å². The van der Waals surface area contributed by atoms with Gasteiger partial charge in [-0.2, -0.15) is 0 Å². The molecular formula is C23H23N7O. The summed E-state index contributed by atoms with van der Waals surface area (Å²) in [6.45, 7) is 2.51. The summed E-state index contributed by atoms with van der Waals surface area (Å²) in [4.78, 5) is 21.7. The van der Waals surface area contributed by atoms with Crippen LogP contribution in [0.25, 0.3) is 10.9 Å². The molecule has 8 heteroatoms. The number of amides is 1. The SMILES string of the molecule is Cc1ccc2cc(Cn3cc(C(=O)NC4CCCc5nc(N)ccc54)nn3)ccc2n1. The molecule has 1 amide bonds. The molecule has 31 heavy (non-hydrogen) atoms. The fourth-order valence-corrected chi connectivity index (χ4v) is 4.10. The van der Waals surface area contributed by atoms with Gasteiger partial charge in [0.25, 0.3) is 5.91 Å². The highest BCUT2D eigenvalue weighted by molar-refractivity contribution is 5.92. The maximum absolute atomic E-state index is 12.8. The van der Waals surface area contributed by atoms with Gasteiger partial charge in [0.1, 0.15) is 5.82 Å². The van der Waals surface area contributed by atoms with E-state index in [2.05, 4.69) is 37.7 Å². The Hall–Kier alpha value is -3.81. The first-order valence-corrected chi connectivity index (χ1v) is 10.4. The zero-order valence-corrected chi connectivity index (χ0v) is 17.2. The van der Waals surface area contributed by atoms with Crippen LogP contribution in [0.4, 0.5) is 5.82 Å². The van der Waals surface area contributed by atoms with Gasteiger partial charge in [-0.05, 0) is 61.6 Å². The molecule has 0 saturated heterocycles. The second kappa shape index (κ2) is 7.79. The first-order valence-electron chi connectivity index (χ1n) is 10.4. The molecule has 0 saturated carbocycles. The normalized spacial score (nSPS) is 15.6. The van der Waals surface area contributed by atoms with Crippen LogP contribution in [0.15, 0.2) is 48.7 Å². The Morgan fingerprint density at radius 3 is 3.00 bits per heavy atom. The lowest BCUT2D eigenvalue weighted by Crippen LogP contribution is -2.31. The van der Waals surface area contributed by atoms with E-state index in [0.29, 0.717) is 18.1 Å². The van der Waals surface area contributed by atoms with Gasteiger partial charge in [0.05, 0.1) is 24.3 Å². The van der Waals surface area contributed by atoms with Crippen molar-refractivity contribution in [2.45, 2.75) is 38.8 Å². The molecule has 0 bridgehead atoms. The van der Waals surface area contributed by atoms with Crippen LogP contribution < -0.4 is 11.1 Å². The Labute approximate surface area is 179 Å². The molecule has 3 aromatic heterocycles. The molecule has 3 N–H and O–H groups in total. The highest BCUT2D eigenvalue weighted by Gasteiger charge is 2.24. The summed E-state index contributed by atoms with van der Waals surface area (Å²) >= 11 is 0. The van der Waals surface area contributed by atoms with Crippen molar-refractivity contribution in [2.75, 3.05) is 5.73 Å². The number of hydrogen-bond acceptors (Lipinski definition) is 6. The molecule has 1 aliphatic carbocycles. The van der Waals surface area contributed by atoms with Crippen LogP contribution in [0.3, 0.4) is 0 Å². The lowest BCUT2D eigenvalue weighted by atomic mass is 9.91. The summed E-state index contributed by atoms with van der Waals surface area (Å²) in [5.41, 5.74) is 11.1. The van der Waals surface area contributed by atoms with Gasteiger partial charge in [0, 0.05) is 16.8 Å². The fourth-order valence-electron chi connectivity index (χ4n) is 4.10. The third-order valence-electron chi connectivity index (χ3n) is 5.63. The van der Waals surface area contributed by atoms with Gasteiger partial charge < -0.3 is 11.1 Å². The van der Waals surface area contributed by atoms with Crippen molar-refractivity contribution >= 4 is 22.6 Å². The van der Waals surface area contributed by atoms with Crippen LogP contribution in [0, 0.1) is 6.92 Å². The molecule has 5 rings (SSSR count). The first kappa shape index (κ1) is 19.2. The number of nitrogens with two attached hydrogens (primary N) is 1. The molecule has 8 nitrogen and oxygen atoms in total. The predicted molar refractivity (Wildman–Crippen MR) is 117 cm³/mol. The fraction of sp³-hybridized carbons (Fsp3) is 0.261. The Balaban J connectivity index is 1.30. The van der Waals surface area contributed by atoms with Crippen molar-refractivity contribution in [3.05, 3.63) is 76.9 Å². The minimum Gasteiger partial charge on any atom is -0.384 e. The number of aryl methyl sites for hydroxylation is 2. The van der Waals surface area contributed by atoms with Crippen LogP contribution in [0.5, 0.6) is 0 Å². The van der Waals surface area contributed by atoms with Gasteiger partial charge in [-0.25, -0.2) is 9.67 Å². The standard InChI is InChI=1S/C23H23N7O/c1-14-5-7-16-11-15(6-9-18(16)25-14)12-30-13-21(28-29-30)23(31)27-20-4-2-3-19-17(20)8-10-22(24)26-19/h5-11,13,20H,2-4,12H2,1H3,(H2,24,26)(H,27,31). The highest BCUT2D eigenvalue weighted by Crippen LogP contribution is 2.29. The number of carbonyl (C=O) groups is 1. The third kappa shape index (κ3) is 3.96. The second-order valence-electron chi connectivity index (χ2n) is 7.97. The molecular weight excluding hydrogens is 390 g/mol. The van der Waals surface area contributed by atoms with Crippen molar-refractivity contribution in [3.63, 3.8) is 0 Å². The average Bonchev–Trinajstić information content (AvgIpc) is 3.22. The predicted octanol–water partition coefficient (Wildman–Crippen LogP) is 2.97. The second-order valence-corrected chi connectivity index (χ2v) is 7.97. The minimum absolute atomic E-state index is 0.0917. The van der Waals surface area contributed by atoms with Crippen LogP contribution in [-0.4, -0.2) is 30.9 Å². The van der Waals surface area contributed by atoms with Crippen molar-refractivity contribution in [1.29, 1.82) is 0 Å². The molecule has 3 heterocycles. The number of anilines is 1. The summed E-state index contributed by atoms with van der Waals surface area (Å²) < 4.78 is 1.68. The zero-order valence-electron chi connectivity index (χ0n) is 17.2. The quantitative estimate of drug-likeness (QED) is 0.532. The van der Waals surface area contributed by atoms with Crippen LogP contribution in [0.2, 0.25) is 0 Å². The molecule has 1 aromatic carbocycles. The molecule has 0 spiro atoms. The van der Waals surface area contributed by atoms with E-state index in [-0.39, 0.29) is 11.9 Å². The molecule has 1 unspecified atom stereocenters. The smallest absolute Gasteiger partial charge is 0.273 e. The Morgan fingerprint density at radius 1 is 1.19 bits per heavy atom. The van der Waals surface area contributed by atoms with Crippen molar-refractivity contribution in [2.24, 2.45) is 0 Å². The lowest BCUT2D eigenvalue weighted by Gasteiger charge is -2.25. The van der Waals surface area contributed by atoms with Crippen molar-refractivity contribution < 1.29 is 4.79 Å². The van der Waals surface area contributed by atoms with Gasteiger partial charge in [-0.3, -0.25) is 9.78 Å². The minimum atomic E-state index is -0.237. The van der Waals surface area contributed by atoms with Crippen LogP contribution >= 0.6 is 0 Å². The van der Waals surface area contributed by atoms with Gasteiger partial charge >= 0.3 is 0 Å². The molecule has 0 fully saturated rings. The number of aromatic nitrogens is 5. The summed E-state index contributed by atoms with van der Waals surface area (Å²) in [6.07, 6.45) is 4.38. The van der Waals surface area contributed by atoms with E-state index in [1.165, 1.54) is 0 Å². The average molecular weight is 413 g/mol. The lowest BCUT2D eigenvalue weighted by molar-refractivity contribution is 0.0927. The summed E-state index contributed by atoms with van der Waals surface area (Å²) in [5, 5.41) is 12.4. The number of rotatable bonds is 4. The molecule has 156 valence electrons. The number of nitrogens with zero attached hydrogens (tertiary/aromatic N) is 5. The Kier molecular flexibility index (Phi) is 4.82. The van der Waals surface area contributed by atoms with E-state index in [9.17, 15) is 4.79 Å². The van der Waals surface area contributed by atoms with E-state index < -0.39 is 0 Å². The summed E-state index contributed by atoms with van der Waals surface area (Å²) in [6, 6.07) is 13.8. The monoisotopic (exact) mass is 413 g/mol. The van der Waals surface area contributed by atoms with Crippen LogP contribution in [0.1, 0.15) is 51.9 Å². The molecule has 1 aliphatic rings. The summed E-state index contributed by atoms with van der Waals surface area (Å²) in [5.74, 6) is 0.271. The van der Waals surface area contributed by atoms with E-state index in [1.807, 2.05) is 31.2 Å². The number of nitrogens with one attached hydrogen (secondary N) is 1. The van der Waals surface area contributed by atoms with Gasteiger partial charge in [-0.1, -0.05) is 23.4 Å². The van der Waals surface area contributed by atoms with Gasteiger partial charge in [-0.15, -0.1) is 5.10 Å². The maximum Gasteiger partial charge on any atom is 0.273 e. The molecule has 0 radical (unpaired) electrons. The largest absolute Gasteiger partial charge is 0.384 e. The zero-order chi connectivity index (χ0) is 21.4. The van der Waals surface area contributed by atoms with Crippen LogP contribution in [-0.2, 0) is 13.0 Å². The Morgan fingerprint density at radius 2 is 2.10 bits per heavy atom. The van der Waals surface area contributed by atoms with Gasteiger partial charge in [0.2, 0.25) is 0 Å². The molecule has 4 aromatic rings. The molecule has 0 aliphatic heterocycles. The number of nitrogen functional groups attached to an aromatic ring is 1. The highest BCUT2D eigenvalue weighted by atomic mass is 16.2. The number of benzene rings is 1. The number of pyridine rings is 2. The van der Waals surface area contributed by atoms with Crippen molar-refractivity contribution in [1.82, 2.24) is 30.3 Å². The first-order chi connectivity index (χ1) is 15.0. The van der Waals surface area contributed by atoms with Crippen molar-refractivity contribution in [3.8, 4) is 0 Å². The molecule has 1 atom stereocenters. The number of hydrogen-bond donors (Lipinski definition) is 2. The topological polar surface area (TPSA) is 112 Å². The van der Waals surface area contributed by atoms with E-state index in [1.54, 1.807) is 16.9 Å². The number of carbonyl (C=O) groups excluding carboxylic acids is 1. The maximum atomic E-state index is 12.8. The third-order valence-corrected chi connectivity index (χ3v) is 5.63.